The van der Waals surface area contributed by atoms with Crippen molar-refractivity contribution in [2.45, 2.75) is 37.5 Å². The molecule has 0 aliphatic carbocycles. The fraction of sp³-hybridized carbons (Fsp3) is 0.276. The van der Waals surface area contributed by atoms with Gasteiger partial charge < -0.3 is 30.3 Å². The number of benzene rings is 3. The van der Waals surface area contributed by atoms with Crippen LogP contribution >= 0.6 is 0 Å². The highest BCUT2D eigenvalue weighted by Crippen LogP contribution is 2.33. The van der Waals surface area contributed by atoms with Crippen LogP contribution in [0.3, 0.4) is 0 Å². The van der Waals surface area contributed by atoms with Gasteiger partial charge in [-0.15, -0.1) is 0 Å². The quantitative estimate of drug-likeness (QED) is 0.414. The predicted octanol–water partition coefficient (Wildman–Crippen LogP) is 5.02. The second-order valence-electron chi connectivity index (χ2n) is 9.70. The number of nitrogens with zero attached hydrogens (tertiary/aromatic N) is 1. The van der Waals surface area contributed by atoms with Crippen LogP contribution in [0.5, 0.6) is 5.75 Å². The van der Waals surface area contributed by atoms with Gasteiger partial charge in [0, 0.05) is 24.5 Å². The Balaban J connectivity index is 1.23. The minimum atomic E-state index is -0.734. The van der Waals surface area contributed by atoms with E-state index < -0.39 is 35.8 Å². The number of ether oxygens (including phenoxy) is 2. The Morgan fingerprint density at radius 2 is 1.73 bits per heavy atom. The first-order valence-electron chi connectivity index (χ1n) is 12.8. The van der Waals surface area contributed by atoms with E-state index in [1.807, 2.05) is 6.07 Å². The van der Waals surface area contributed by atoms with Crippen molar-refractivity contribution >= 4 is 34.9 Å². The van der Waals surface area contributed by atoms with Crippen molar-refractivity contribution in [3.8, 4) is 5.75 Å². The smallest absolute Gasteiger partial charge is 0.323 e. The first-order chi connectivity index (χ1) is 19.3. The molecule has 3 N–H and O–H groups in total. The maximum atomic E-state index is 13.9. The third-order valence-corrected chi connectivity index (χ3v) is 6.92. The summed E-state index contributed by atoms with van der Waals surface area (Å²) in [6, 6.07) is 15.9. The summed E-state index contributed by atoms with van der Waals surface area (Å²) in [4.78, 5) is 39.9. The molecule has 0 aromatic heterocycles. The predicted molar refractivity (Wildman–Crippen MR) is 144 cm³/mol. The Hall–Kier alpha value is -4.51. The number of hydrogen-bond acceptors (Lipinski definition) is 5. The van der Waals surface area contributed by atoms with Crippen molar-refractivity contribution in [2.75, 3.05) is 29.6 Å². The molecule has 3 atom stereocenters. The summed E-state index contributed by atoms with van der Waals surface area (Å²) in [6.45, 7) is 0.132. The Morgan fingerprint density at radius 3 is 2.52 bits per heavy atom. The van der Waals surface area contributed by atoms with Crippen LogP contribution in [0.1, 0.15) is 29.6 Å². The molecule has 4 amide bonds. The minimum Gasteiger partial charge on any atom is -0.490 e. The Labute approximate surface area is 229 Å². The van der Waals surface area contributed by atoms with Crippen molar-refractivity contribution in [1.29, 1.82) is 0 Å². The minimum absolute atomic E-state index is 0.0620. The summed E-state index contributed by atoms with van der Waals surface area (Å²) < 4.78 is 39.4. The molecule has 9 nitrogen and oxygen atoms in total. The summed E-state index contributed by atoms with van der Waals surface area (Å²) in [5, 5.41) is 7.85. The largest absolute Gasteiger partial charge is 0.490 e. The monoisotopic (exact) mass is 550 g/mol. The molecule has 2 aliphatic heterocycles. The molecule has 0 bridgehead atoms. The first kappa shape index (κ1) is 27.1. The van der Waals surface area contributed by atoms with E-state index in [0.29, 0.717) is 35.5 Å². The number of amides is 4. The molecule has 2 heterocycles. The molecule has 5 rings (SSSR count). The molecule has 3 aromatic rings. The van der Waals surface area contributed by atoms with Crippen LogP contribution in [0.15, 0.2) is 66.7 Å². The standard InChI is InChI=1S/C29H28F2N4O5/c1-35-24-11-9-20(15-27(36)34-23-13-17(30)7-10-22(23)31)40-26(24)16-39-25-12-8-19(14-21(25)28(35)37)33-29(38)32-18-5-3-2-4-6-18/h2-8,10,12-14,20,24,26H,9,11,15-16H2,1H3,(H,34,36)(H2,32,33,38)/t20-,24+,26-/m1/s1. The average Bonchev–Trinajstić information content (AvgIpc) is 2.93. The van der Waals surface area contributed by atoms with E-state index in [1.165, 1.54) is 0 Å². The van der Waals surface area contributed by atoms with E-state index in [0.717, 1.165) is 18.2 Å². The van der Waals surface area contributed by atoms with Crippen LogP contribution in [0.25, 0.3) is 0 Å². The average molecular weight is 551 g/mol. The number of fused-ring (bicyclic) bond motifs is 2. The van der Waals surface area contributed by atoms with Crippen molar-refractivity contribution in [2.24, 2.45) is 0 Å². The molecule has 0 radical (unpaired) electrons. The molecule has 0 spiro atoms. The van der Waals surface area contributed by atoms with Crippen LogP contribution in [0.2, 0.25) is 0 Å². The van der Waals surface area contributed by atoms with Gasteiger partial charge in [-0.05, 0) is 55.3 Å². The maximum absolute atomic E-state index is 13.9. The van der Waals surface area contributed by atoms with Crippen LogP contribution < -0.4 is 20.7 Å². The number of rotatable bonds is 5. The molecule has 0 saturated carbocycles. The molecule has 0 unspecified atom stereocenters. The van der Waals surface area contributed by atoms with Gasteiger partial charge in [0.2, 0.25) is 5.91 Å². The Morgan fingerprint density at radius 1 is 0.950 bits per heavy atom. The van der Waals surface area contributed by atoms with Crippen molar-refractivity contribution in [3.05, 3.63) is 83.9 Å². The molecule has 3 aromatic carbocycles. The number of para-hydroxylation sites is 1. The van der Waals surface area contributed by atoms with Gasteiger partial charge in [-0.25, -0.2) is 13.6 Å². The summed E-state index contributed by atoms with van der Waals surface area (Å²) in [5.41, 5.74) is 1.12. The molecule has 208 valence electrons. The molecule has 1 fully saturated rings. The Bertz CT molecular complexity index is 1420. The molecule has 2 aliphatic rings. The van der Waals surface area contributed by atoms with Gasteiger partial charge in [0.15, 0.2) is 0 Å². The summed E-state index contributed by atoms with van der Waals surface area (Å²) in [5.74, 6) is -1.85. The zero-order chi connectivity index (χ0) is 28.2. The fourth-order valence-corrected chi connectivity index (χ4v) is 4.92. The van der Waals surface area contributed by atoms with E-state index >= 15 is 0 Å². The maximum Gasteiger partial charge on any atom is 0.323 e. The zero-order valence-electron chi connectivity index (χ0n) is 21.7. The summed E-state index contributed by atoms with van der Waals surface area (Å²) in [7, 11) is 1.68. The number of hydrogen-bond donors (Lipinski definition) is 3. The lowest BCUT2D eigenvalue weighted by atomic mass is 9.94. The molecular formula is C29H28F2N4O5. The van der Waals surface area contributed by atoms with Crippen molar-refractivity contribution < 1.29 is 32.6 Å². The van der Waals surface area contributed by atoms with Crippen LogP contribution in [-0.2, 0) is 9.53 Å². The van der Waals surface area contributed by atoms with Crippen LogP contribution in [0.4, 0.5) is 30.6 Å². The van der Waals surface area contributed by atoms with Crippen molar-refractivity contribution in [3.63, 3.8) is 0 Å². The van der Waals surface area contributed by atoms with E-state index in [-0.39, 0.29) is 30.7 Å². The van der Waals surface area contributed by atoms with Crippen molar-refractivity contribution in [1.82, 2.24) is 4.90 Å². The highest BCUT2D eigenvalue weighted by atomic mass is 19.1. The zero-order valence-corrected chi connectivity index (χ0v) is 21.7. The lowest BCUT2D eigenvalue weighted by molar-refractivity contribution is -0.130. The molecule has 11 heteroatoms. The van der Waals surface area contributed by atoms with Crippen LogP contribution in [-0.4, -0.2) is 54.6 Å². The number of nitrogens with one attached hydrogen (secondary N) is 3. The molecule has 1 saturated heterocycles. The molecule has 40 heavy (non-hydrogen) atoms. The summed E-state index contributed by atoms with van der Waals surface area (Å²) >= 11 is 0. The third kappa shape index (κ3) is 6.20. The highest BCUT2D eigenvalue weighted by Gasteiger charge is 2.39. The van der Waals surface area contributed by atoms with Gasteiger partial charge in [-0.3, -0.25) is 9.59 Å². The third-order valence-electron chi connectivity index (χ3n) is 6.92. The number of likely N-dealkylation sites (N-methyl/N-ethyl adjacent to an activating group) is 1. The van der Waals surface area contributed by atoms with E-state index in [2.05, 4.69) is 16.0 Å². The van der Waals surface area contributed by atoms with E-state index in [9.17, 15) is 23.2 Å². The normalized spacial score (nSPS) is 20.2. The lowest BCUT2D eigenvalue weighted by Crippen LogP contribution is -2.53. The number of halogens is 2. The molecular weight excluding hydrogens is 522 g/mol. The van der Waals surface area contributed by atoms with Gasteiger partial charge in [-0.2, -0.15) is 0 Å². The van der Waals surface area contributed by atoms with Gasteiger partial charge in [0.1, 0.15) is 30.1 Å². The van der Waals surface area contributed by atoms with Crippen LogP contribution in [0, 0.1) is 11.6 Å². The lowest BCUT2D eigenvalue weighted by Gasteiger charge is -2.42. The van der Waals surface area contributed by atoms with Gasteiger partial charge in [-0.1, -0.05) is 18.2 Å². The van der Waals surface area contributed by atoms with Gasteiger partial charge >= 0.3 is 6.03 Å². The number of urea groups is 1. The number of carbonyl (C=O) groups excluding carboxylic acids is 3. The van der Waals surface area contributed by atoms with Gasteiger partial charge in [0.25, 0.3) is 5.91 Å². The Kier molecular flexibility index (Phi) is 7.92. The fourth-order valence-electron chi connectivity index (χ4n) is 4.92. The first-order valence-corrected chi connectivity index (χ1v) is 12.8. The second-order valence-corrected chi connectivity index (χ2v) is 9.70. The van der Waals surface area contributed by atoms with E-state index in [4.69, 9.17) is 9.47 Å². The highest BCUT2D eigenvalue weighted by molar-refractivity contribution is 6.02. The number of anilines is 3. The SMILES string of the molecule is CN1C(=O)c2cc(NC(=O)Nc3ccccc3)ccc2OC[C@H]2O[C@@H](CC(=O)Nc3cc(F)ccc3F)CC[C@@H]21. The summed E-state index contributed by atoms with van der Waals surface area (Å²) in [6.07, 6.45) is -0.0260. The van der Waals surface area contributed by atoms with E-state index in [1.54, 1.807) is 54.4 Å². The topological polar surface area (TPSA) is 109 Å². The second kappa shape index (κ2) is 11.7. The number of carbonyl (C=O) groups is 3. The van der Waals surface area contributed by atoms with Gasteiger partial charge in [0.05, 0.1) is 29.8 Å².